The number of hydrogen-bond donors (Lipinski definition) is 0. The van der Waals surface area contributed by atoms with E-state index in [2.05, 4.69) is 27.7 Å². The van der Waals surface area contributed by atoms with Crippen molar-refractivity contribution in [3.63, 3.8) is 0 Å². The molecule has 6 nitrogen and oxygen atoms in total. The number of aromatic nitrogens is 4. The van der Waals surface area contributed by atoms with Crippen molar-refractivity contribution in [2.75, 3.05) is 12.4 Å². The number of hydrogen-bond acceptors (Lipinski definition) is 6. The summed E-state index contributed by atoms with van der Waals surface area (Å²) in [7, 11) is 0. The summed E-state index contributed by atoms with van der Waals surface area (Å²) >= 11 is 1.40. The van der Waals surface area contributed by atoms with Crippen molar-refractivity contribution in [3.05, 3.63) is 34.9 Å². The molecule has 25 heavy (non-hydrogen) atoms. The van der Waals surface area contributed by atoms with Gasteiger partial charge >= 0.3 is 0 Å². The number of aryl methyl sites for hydroxylation is 2. The van der Waals surface area contributed by atoms with Gasteiger partial charge in [0.15, 0.2) is 5.78 Å². The number of Topliss-reactive ketones (excluding diaryl/α,β-unsaturated/α-hetero) is 1. The Kier molecular flexibility index (Phi) is 5.12. The third kappa shape index (κ3) is 3.93. The van der Waals surface area contributed by atoms with Crippen LogP contribution < -0.4 is 0 Å². The Bertz CT molecular complexity index is 755. The van der Waals surface area contributed by atoms with E-state index >= 15 is 0 Å². The Labute approximate surface area is 151 Å². The molecular weight excluding hydrogens is 336 g/mol. The van der Waals surface area contributed by atoms with Gasteiger partial charge in [0.1, 0.15) is 0 Å². The molecule has 132 valence electrons. The molecule has 0 radical (unpaired) electrons. The predicted molar refractivity (Wildman–Crippen MR) is 94.9 cm³/mol. The molecule has 1 aromatic heterocycles. The summed E-state index contributed by atoms with van der Waals surface area (Å²) in [5.41, 5.74) is 3.53. The number of tetrazole rings is 1. The van der Waals surface area contributed by atoms with Crippen LogP contribution in [0.2, 0.25) is 0 Å². The number of ketones is 1. The van der Waals surface area contributed by atoms with Crippen LogP contribution in [0.1, 0.15) is 47.2 Å². The normalized spacial score (nSPS) is 19.8. The van der Waals surface area contributed by atoms with Gasteiger partial charge in [0.25, 0.3) is 0 Å². The van der Waals surface area contributed by atoms with Crippen LogP contribution in [0, 0.1) is 0 Å². The molecule has 0 amide bonds. The van der Waals surface area contributed by atoms with E-state index in [4.69, 9.17) is 4.74 Å². The highest BCUT2D eigenvalue weighted by molar-refractivity contribution is 7.99. The maximum atomic E-state index is 12.6. The smallest absolute Gasteiger partial charge is 0.209 e. The van der Waals surface area contributed by atoms with Gasteiger partial charge < -0.3 is 4.74 Å². The van der Waals surface area contributed by atoms with Crippen LogP contribution in [0.4, 0.5) is 0 Å². The fraction of sp³-hybridized carbons (Fsp3) is 0.556. The van der Waals surface area contributed by atoms with Gasteiger partial charge in [-0.05, 0) is 66.1 Å². The molecule has 0 bridgehead atoms. The average molecular weight is 358 g/mol. The summed E-state index contributed by atoms with van der Waals surface area (Å²) in [5, 5.41) is 12.5. The van der Waals surface area contributed by atoms with Gasteiger partial charge in [-0.1, -0.05) is 23.9 Å². The number of ether oxygens (including phenoxy) is 1. The maximum Gasteiger partial charge on any atom is 0.209 e. The predicted octanol–water partition coefficient (Wildman–Crippen LogP) is 2.71. The minimum absolute atomic E-state index is 0.130. The van der Waals surface area contributed by atoms with E-state index in [1.54, 1.807) is 4.68 Å². The fourth-order valence-corrected chi connectivity index (χ4v) is 4.30. The minimum Gasteiger partial charge on any atom is -0.376 e. The summed E-state index contributed by atoms with van der Waals surface area (Å²) in [5.74, 6) is 0.482. The highest BCUT2D eigenvalue weighted by Crippen LogP contribution is 2.24. The molecule has 1 saturated heterocycles. The number of fused-ring (bicyclic) bond motifs is 1. The van der Waals surface area contributed by atoms with E-state index < -0.39 is 0 Å². The molecular formula is C18H22N4O2S. The van der Waals surface area contributed by atoms with E-state index in [1.807, 2.05) is 6.07 Å². The summed E-state index contributed by atoms with van der Waals surface area (Å²) in [4.78, 5) is 12.6. The third-order valence-corrected chi connectivity index (χ3v) is 5.86. The first-order chi connectivity index (χ1) is 12.3. The summed E-state index contributed by atoms with van der Waals surface area (Å²) < 4.78 is 7.39. The van der Waals surface area contributed by atoms with Crippen LogP contribution in [-0.4, -0.2) is 44.5 Å². The first kappa shape index (κ1) is 16.7. The molecule has 1 fully saturated rings. The lowest BCUT2D eigenvalue weighted by molar-refractivity contribution is 0.0912. The van der Waals surface area contributed by atoms with Crippen molar-refractivity contribution in [3.8, 4) is 0 Å². The number of nitrogens with zero attached hydrogens (tertiary/aromatic N) is 4. The zero-order chi connectivity index (χ0) is 17.1. The van der Waals surface area contributed by atoms with Crippen molar-refractivity contribution in [1.29, 1.82) is 0 Å². The number of benzene rings is 1. The topological polar surface area (TPSA) is 69.9 Å². The van der Waals surface area contributed by atoms with Gasteiger partial charge in [0, 0.05) is 12.2 Å². The molecule has 2 aliphatic rings. The third-order valence-electron chi connectivity index (χ3n) is 4.90. The van der Waals surface area contributed by atoms with Gasteiger partial charge in [-0.3, -0.25) is 4.79 Å². The Morgan fingerprint density at radius 3 is 2.96 bits per heavy atom. The Morgan fingerprint density at radius 2 is 2.12 bits per heavy atom. The van der Waals surface area contributed by atoms with Crippen LogP contribution >= 0.6 is 11.8 Å². The standard InChI is InChI=1S/C18H22N4O2S/c23-17(15-8-7-13-4-1-2-5-14(13)10-15)12-25-18-19-20-21-22(18)11-16-6-3-9-24-16/h7-8,10,16H,1-6,9,11-12H2. The lowest BCUT2D eigenvalue weighted by Gasteiger charge is -2.16. The van der Waals surface area contributed by atoms with Crippen LogP contribution in [0.25, 0.3) is 0 Å². The van der Waals surface area contributed by atoms with Crippen molar-refractivity contribution in [2.24, 2.45) is 0 Å². The van der Waals surface area contributed by atoms with E-state index in [0.29, 0.717) is 17.5 Å². The number of carbonyl (C=O) groups excluding carboxylic acids is 1. The van der Waals surface area contributed by atoms with Crippen LogP contribution in [0.15, 0.2) is 23.4 Å². The Morgan fingerprint density at radius 1 is 1.24 bits per heavy atom. The maximum absolute atomic E-state index is 12.6. The number of thioether (sulfide) groups is 1. The molecule has 1 atom stereocenters. The molecule has 1 unspecified atom stereocenters. The van der Waals surface area contributed by atoms with Crippen molar-refractivity contribution < 1.29 is 9.53 Å². The molecule has 7 heteroatoms. The quantitative estimate of drug-likeness (QED) is 0.584. The molecule has 4 rings (SSSR count). The van der Waals surface area contributed by atoms with E-state index in [-0.39, 0.29) is 11.9 Å². The summed E-state index contributed by atoms with van der Waals surface area (Å²) in [6.45, 7) is 1.47. The Hall–Kier alpha value is -1.73. The van der Waals surface area contributed by atoms with Gasteiger partial charge in [0.2, 0.25) is 5.16 Å². The molecule has 2 aromatic rings. The van der Waals surface area contributed by atoms with Crippen LogP contribution in [0.3, 0.4) is 0 Å². The molecule has 1 aliphatic carbocycles. The van der Waals surface area contributed by atoms with Gasteiger partial charge in [-0.25, -0.2) is 4.68 Å². The lowest BCUT2D eigenvalue weighted by atomic mass is 9.90. The van der Waals surface area contributed by atoms with E-state index in [9.17, 15) is 4.79 Å². The van der Waals surface area contributed by atoms with Crippen molar-refractivity contribution >= 4 is 17.5 Å². The van der Waals surface area contributed by atoms with Crippen molar-refractivity contribution in [1.82, 2.24) is 20.2 Å². The SMILES string of the molecule is O=C(CSc1nnnn1CC1CCCO1)c1ccc2c(c1)CCCC2. The second kappa shape index (κ2) is 7.66. The molecule has 1 aromatic carbocycles. The highest BCUT2D eigenvalue weighted by Gasteiger charge is 2.20. The zero-order valence-corrected chi connectivity index (χ0v) is 15.0. The van der Waals surface area contributed by atoms with Gasteiger partial charge in [0.05, 0.1) is 18.4 Å². The average Bonchev–Trinajstić information content (AvgIpc) is 3.32. The first-order valence-corrected chi connectivity index (χ1v) is 9.94. The summed E-state index contributed by atoms with van der Waals surface area (Å²) in [6.07, 6.45) is 7.00. The van der Waals surface area contributed by atoms with Gasteiger partial charge in [-0.15, -0.1) is 5.10 Å². The minimum atomic E-state index is 0.130. The van der Waals surface area contributed by atoms with Crippen molar-refractivity contribution in [2.45, 2.75) is 56.3 Å². The molecule has 1 aliphatic heterocycles. The largest absolute Gasteiger partial charge is 0.376 e. The second-order valence-electron chi connectivity index (χ2n) is 6.68. The molecule has 2 heterocycles. The van der Waals surface area contributed by atoms with E-state index in [0.717, 1.165) is 37.9 Å². The lowest BCUT2D eigenvalue weighted by Crippen LogP contribution is -2.17. The molecule has 0 saturated carbocycles. The number of carbonyl (C=O) groups is 1. The number of rotatable bonds is 6. The Balaban J connectivity index is 1.38. The van der Waals surface area contributed by atoms with Gasteiger partial charge in [-0.2, -0.15) is 0 Å². The summed E-state index contributed by atoms with van der Waals surface area (Å²) in [6, 6.07) is 6.16. The first-order valence-electron chi connectivity index (χ1n) is 8.95. The highest BCUT2D eigenvalue weighted by atomic mass is 32.2. The molecule has 0 N–H and O–H groups in total. The zero-order valence-electron chi connectivity index (χ0n) is 14.2. The van der Waals surface area contributed by atoms with E-state index in [1.165, 1.54) is 35.7 Å². The van der Waals surface area contributed by atoms with Crippen LogP contribution in [0.5, 0.6) is 0 Å². The fourth-order valence-electron chi connectivity index (χ4n) is 3.52. The van der Waals surface area contributed by atoms with Crippen LogP contribution in [-0.2, 0) is 24.1 Å². The monoisotopic (exact) mass is 358 g/mol. The second-order valence-corrected chi connectivity index (χ2v) is 7.62. The molecule has 0 spiro atoms.